The first kappa shape index (κ1) is 36.7. The zero-order chi connectivity index (χ0) is 37.3. The number of carbonyl (C=O) groups excluding carboxylic acids is 3. The number of allylic oxidation sites excluding steroid dienone is 3. The summed E-state index contributed by atoms with van der Waals surface area (Å²) < 4.78 is 12.2. The quantitative estimate of drug-likeness (QED) is 0.0528. The van der Waals surface area contributed by atoms with Gasteiger partial charge in [0.05, 0.1) is 18.8 Å². The van der Waals surface area contributed by atoms with Gasteiger partial charge in [-0.25, -0.2) is 9.78 Å². The maximum atomic E-state index is 14.3. The molecule has 12 heteroatoms. The van der Waals surface area contributed by atoms with Crippen LogP contribution in [0.1, 0.15) is 90.3 Å². The zero-order valence-electron chi connectivity index (χ0n) is 31.0. The fourth-order valence-corrected chi connectivity index (χ4v) is 8.74. The molecule has 7 rings (SSSR count). The molecule has 0 radical (unpaired) electrons. The van der Waals surface area contributed by atoms with E-state index in [4.69, 9.17) is 15.2 Å². The predicted molar refractivity (Wildman–Crippen MR) is 204 cm³/mol. The summed E-state index contributed by atoms with van der Waals surface area (Å²) in [5, 5.41) is 13.6. The van der Waals surface area contributed by atoms with Crippen molar-refractivity contribution in [2.45, 2.75) is 88.2 Å². The number of aromatic nitrogens is 1. The number of nitrogens with two attached hydrogens (primary N) is 1. The summed E-state index contributed by atoms with van der Waals surface area (Å²) in [7, 11) is 3.55. The maximum Gasteiger partial charge on any atom is 0.350 e. The van der Waals surface area contributed by atoms with E-state index in [9.17, 15) is 14.4 Å². The number of ketones is 2. The Labute approximate surface area is 311 Å². The highest BCUT2D eigenvalue weighted by Crippen LogP contribution is 2.58. The number of ether oxygens (including phenoxy) is 2. The van der Waals surface area contributed by atoms with Gasteiger partial charge in [0.1, 0.15) is 5.82 Å². The molecule has 1 aromatic carbocycles. The summed E-state index contributed by atoms with van der Waals surface area (Å²) in [6.45, 7) is 4.91. The molecule has 5 aliphatic rings. The first-order valence-corrected chi connectivity index (χ1v) is 18.9. The van der Waals surface area contributed by atoms with Crippen LogP contribution in [-0.2, 0) is 20.7 Å². The van der Waals surface area contributed by atoms with Gasteiger partial charge in [0, 0.05) is 42.8 Å². The van der Waals surface area contributed by atoms with E-state index >= 15 is 0 Å². The molecule has 0 spiro atoms. The third-order valence-electron chi connectivity index (χ3n) is 11.7. The van der Waals surface area contributed by atoms with E-state index in [2.05, 4.69) is 56.4 Å². The van der Waals surface area contributed by atoms with Crippen LogP contribution in [0.4, 0.5) is 5.82 Å². The van der Waals surface area contributed by atoms with Crippen molar-refractivity contribution in [2.24, 2.45) is 22.6 Å². The fraction of sp³-hybridized carbons (Fsp3) is 0.488. The van der Waals surface area contributed by atoms with Crippen molar-refractivity contribution in [3.8, 4) is 0 Å². The number of guanidine groups is 1. The molecular weight excluding hydrogens is 670 g/mol. The average molecular weight is 722 g/mol. The number of anilines is 1. The fourth-order valence-electron chi connectivity index (χ4n) is 8.74. The smallest absolute Gasteiger partial charge is 0.350 e. The van der Waals surface area contributed by atoms with Crippen molar-refractivity contribution < 1.29 is 23.9 Å². The van der Waals surface area contributed by atoms with E-state index in [0.29, 0.717) is 18.3 Å². The Balaban J connectivity index is 1.14. The zero-order valence-corrected chi connectivity index (χ0v) is 31.0. The number of carbonyl (C=O) groups is 3. The Morgan fingerprint density at radius 3 is 2.75 bits per heavy atom. The molecule has 6 N–H and O–H groups in total. The van der Waals surface area contributed by atoms with Crippen molar-refractivity contribution in [1.82, 2.24) is 20.9 Å². The molecule has 1 aromatic heterocycles. The molecule has 280 valence electrons. The van der Waals surface area contributed by atoms with Crippen LogP contribution in [0.5, 0.6) is 0 Å². The number of pyridine rings is 1. The molecule has 2 aliphatic heterocycles. The number of Topliss-reactive ketones (excluding diaryl/α,β-unsaturated/α-hetero) is 2. The van der Waals surface area contributed by atoms with E-state index in [0.717, 1.165) is 61.2 Å². The number of nitrogens with one attached hydrogen (secondary N) is 4. The van der Waals surface area contributed by atoms with Crippen molar-refractivity contribution >= 4 is 29.3 Å². The number of rotatable bonds is 12. The molecule has 0 saturated carbocycles. The molecule has 2 aromatic rings. The van der Waals surface area contributed by atoms with Crippen molar-refractivity contribution in [1.29, 1.82) is 0 Å². The van der Waals surface area contributed by atoms with Gasteiger partial charge in [-0.1, -0.05) is 61.1 Å². The molecule has 12 nitrogen and oxygen atoms in total. The summed E-state index contributed by atoms with van der Waals surface area (Å²) in [5.41, 5.74) is 7.30. The van der Waals surface area contributed by atoms with Gasteiger partial charge in [0.2, 0.25) is 5.78 Å². The van der Waals surface area contributed by atoms with Crippen LogP contribution in [-0.4, -0.2) is 79.1 Å². The molecule has 53 heavy (non-hydrogen) atoms. The van der Waals surface area contributed by atoms with Crippen LogP contribution in [0.2, 0.25) is 0 Å². The molecule has 0 amide bonds. The van der Waals surface area contributed by atoms with Gasteiger partial charge in [-0.3, -0.25) is 14.6 Å². The molecule has 7 atom stereocenters. The number of hydrogen-bond acceptors (Lipinski definition) is 10. The van der Waals surface area contributed by atoms with E-state index in [1.165, 1.54) is 5.57 Å². The monoisotopic (exact) mass is 721 g/mol. The number of aliphatic imine (C=N–C) groups is 1. The first-order chi connectivity index (χ1) is 25.6. The minimum atomic E-state index is -2.04. The Morgan fingerprint density at radius 2 is 2.00 bits per heavy atom. The van der Waals surface area contributed by atoms with Gasteiger partial charge >= 0.3 is 5.97 Å². The SMILES string of the molecule is CCN[C@@H]1C=C2C=CCC[C@H]2C[C@H]1COC(=O)[C@]12O[C@@]1(C/C=C(\C)C[C@@H](NC(N)=NC)c1ccnc3c1CC[C@H](NC)N3)C(=O)c1ccccc1C2=O. The number of hydrogen-bond donors (Lipinski definition) is 5. The highest BCUT2D eigenvalue weighted by atomic mass is 16.7. The summed E-state index contributed by atoms with van der Waals surface area (Å²) >= 11 is 0. The standard InChI is InChI=1S/C41H51N7O5/c1-5-45-32-22-26-11-7-6-10-25(26)21-27(32)23-52-38(51)41-36(50)30-13-9-8-12-29(30)35(49)40(41,53-41)18-16-24(2)20-33(47-39(42)44-4)28-17-19-46-37-31(28)14-15-34(43-3)48-37/h7-9,11-13,16-17,19,22,25,27,32-34,43,45H,5-6,10,14-15,18,20-21,23H2,1-4H3,(H,46,48)(H3,42,44,47)/b24-16+/t25-,27-,32+,33+,34+,40-,41-/m0/s1. The van der Waals surface area contributed by atoms with Crippen LogP contribution in [0.25, 0.3) is 0 Å². The topological polar surface area (TPSA) is 172 Å². The largest absolute Gasteiger partial charge is 0.463 e. The molecule has 1 fully saturated rings. The van der Waals surface area contributed by atoms with Crippen molar-refractivity contribution in [3.05, 3.63) is 94.2 Å². The minimum absolute atomic E-state index is 0.0225. The normalized spacial score (nSPS) is 29.5. The van der Waals surface area contributed by atoms with Crippen LogP contribution in [0, 0.1) is 11.8 Å². The van der Waals surface area contributed by atoms with E-state index in [-0.39, 0.29) is 54.1 Å². The van der Waals surface area contributed by atoms with Crippen LogP contribution < -0.4 is 27.0 Å². The second kappa shape index (κ2) is 15.0. The number of nitrogens with zero attached hydrogens (tertiary/aromatic N) is 2. The molecule has 1 saturated heterocycles. The van der Waals surface area contributed by atoms with E-state index < -0.39 is 23.0 Å². The number of benzene rings is 1. The van der Waals surface area contributed by atoms with Crippen molar-refractivity contribution in [3.63, 3.8) is 0 Å². The lowest BCUT2D eigenvalue weighted by Crippen LogP contribution is -2.51. The number of epoxide rings is 1. The summed E-state index contributed by atoms with van der Waals surface area (Å²) in [4.78, 5) is 51.5. The Morgan fingerprint density at radius 1 is 1.21 bits per heavy atom. The van der Waals surface area contributed by atoms with Gasteiger partial charge in [-0.15, -0.1) is 0 Å². The average Bonchev–Trinajstić information content (AvgIpc) is 3.89. The Kier molecular flexibility index (Phi) is 10.4. The number of fused-ring (bicyclic) bond motifs is 4. The molecule has 0 unspecified atom stereocenters. The lowest BCUT2D eigenvalue weighted by Gasteiger charge is -2.36. The highest BCUT2D eigenvalue weighted by molar-refractivity contribution is 6.32. The third-order valence-corrected chi connectivity index (χ3v) is 11.7. The maximum absolute atomic E-state index is 14.3. The number of esters is 1. The highest BCUT2D eigenvalue weighted by Gasteiger charge is 2.85. The molecule has 0 bridgehead atoms. The first-order valence-electron chi connectivity index (χ1n) is 18.9. The second-order valence-corrected chi connectivity index (χ2v) is 14.9. The van der Waals surface area contributed by atoms with Gasteiger partial charge in [0.25, 0.3) is 5.60 Å². The van der Waals surface area contributed by atoms with E-state index in [1.54, 1.807) is 37.5 Å². The minimum Gasteiger partial charge on any atom is -0.463 e. The van der Waals surface area contributed by atoms with Gasteiger partial charge in [-0.2, -0.15) is 0 Å². The number of likely N-dealkylation sites (N-methyl/N-ethyl adjacent to an activating group) is 1. The van der Waals surface area contributed by atoms with Gasteiger partial charge in [-0.05, 0) is 87.7 Å². The third kappa shape index (κ3) is 6.61. The van der Waals surface area contributed by atoms with Gasteiger partial charge in [0.15, 0.2) is 17.3 Å². The van der Waals surface area contributed by atoms with Crippen LogP contribution >= 0.6 is 0 Å². The lowest BCUT2D eigenvalue weighted by molar-refractivity contribution is -0.150. The summed E-state index contributed by atoms with van der Waals surface area (Å²) in [6, 6.07) is 8.39. The van der Waals surface area contributed by atoms with Crippen LogP contribution in [0.3, 0.4) is 0 Å². The second-order valence-electron chi connectivity index (χ2n) is 14.9. The summed E-state index contributed by atoms with van der Waals surface area (Å²) in [6.07, 6.45) is 15.7. The Hall–Kier alpha value is -4.65. The molecule has 3 heterocycles. The van der Waals surface area contributed by atoms with Crippen LogP contribution in [0.15, 0.2) is 77.0 Å². The summed E-state index contributed by atoms with van der Waals surface area (Å²) in [5.74, 6) is -0.170. The van der Waals surface area contributed by atoms with E-state index in [1.807, 2.05) is 26.1 Å². The molecule has 3 aliphatic carbocycles. The molecular formula is C41H51N7O5. The lowest BCUT2D eigenvalue weighted by atomic mass is 9.72. The van der Waals surface area contributed by atoms with Gasteiger partial charge < -0.3 is 36.5 Å². The predicted octanol–water partition coefficient (Wildman–Crippen LogP) is 4.31. The van der Waals surface area contributed by atoms with Crippen molar-refractivity contribution in [2.75, 3.05) is 32.6 Å². The Bertz CT molecular complexity index is 1900.